The maximum atomic E-state index is 12.4. The number of carbonyl (C=O) groups excluding carboxylic acids is 2. The van der Waals surface area contributed by atoms with Gasteiger partial charge in [-0.25, -0.2) is 0 Å². The number of ether oxygens (including phenoxy) is 2. The molecular formula is C16H20N2O4. The van der Waals surface area contributed by atoms with E-state index in [4.69, 9.17) is 9.47 Å². The number of rotatable bonds is 1. The molecule has 0 aromatic heterocycles. The summed E-state index contributed by atoms with van der Waals surface area (Å²) >= 11 is 0. The molecular weight excluding hydrogens is 284 g/mol. The number of likely N-dealkylation sites (tertiary alicyclic amines) is 1. The number of hydrogen-bond acceptors (Lipinski definition) is 4. The van der Waals surface area contributed by atoms with E-state index in [2.05, 4.69) is 5.32 Å². The van der Waals surface area contributed by atoms with Gasteiger partial charge in [0.15, 0.2) is 11.5 Å². The van der Waals surface area contributed by atoms with Gasteiger partial charge in [-0.05, 0) is 45.2 Å². The van der Waals surface area contributed by atoms with E-state index in [0.29, 0.717) is 17.2 Å². The van der Waals surface area contributed by atoms with Crippen LogP contribution in [0.15, 0.2) is 18.2 Å². The number of piperidine rings is 1. The highest BCUT2D eigenvalue weighted by Gasteiger charge is 2.32. The molecule has 0 radical (unpaired) electrons. The van der Waals surface area contributed by atoms with Crippen LogP contribution in [0.3, 0.4) is 0 Å². The third-order valence-corrected chi connectivity index (χ3v) is 4.25. The maximum Gasteiger partial charge on any atom is 0.313 e. The molecule has 0 saturated carbocycles. The first kappa shape index (κ1) is 14.7. The van der Waals surface area contributed by atoms with Crippen molar-refractivity contribution < 1.29 is 19.1 Å². The quantitative estimate of drug-likeness (QED) is 0.807. The lowest BCUT2D eigenvalue weighted by molar-refractivity contribution is -0.147. The van der Waals surface area contributed by atoms with Gasteiger partial charge in [-0.3, -0.25) is 9.59 Å². The second kappa shape index (κ2) is 5.87. The topological polar surface area (TPSA) is 67.9 Å². The Balaban J connectivity index is 1.69. The van der Waals surface area contributed by atoms with Gasteiger partial charge in [0, 0.05) is 23.8 Å². The molecule has 2 heterocycles. The summed E-state index contributed by atoms with van der Waals surface area (Å²) in [5.41, 5.74) is 0.528. The summed E-state index contributed by atoms with van der Waals surface area (Å²) in [5, 5.41) is 2.64. The summed E-state index contributed by atoms with van der Waals surface area (Å²) in [6.45, 7) is 4.15. The highest BCUT2D eigenvalue weighted by Crippen LogP contribution is 2.34. The van der Waals surface area contributed by atoms with Gasteiger partial charge in [-0.2, -0.15) is 0 Å². The van der Waals surface area contributed by atoms with Crippen molar-refractivity contribution in [2.24, 2.45) is 0 Å². The number of benzene rings is 1. The van der Waals surface area contributed by atoms with Crippen LogP contribution in [0.4, 0.5) is 5.69 Å². The number of nitrogens with zero attached hydrogens (tertiary/aromatic N) is 1. The van der Waals surface area contributed by atoms with Crippen molar-refractivity contribution in [2.75, 3.05) is 12.1 Å². The molecule has 1 N–H and O–H groups in total. The summed E-state index contributed by atoms with van der Waals surface area (Å²) in [6, 6.07) is 5.27. The highest BCUT2D eigenvalue weighted by atomic mass is 16.7. The number of hydrogen-bond donors (Lipinski definition) is 1. The summed E-state index contributed by atoms with van der Waals surface area (Å²) < 4.78 is 10.5. The van der Waals surface area contributed by atoms with E-state index in [1.54, 1.807) is 23.1 Å². The molecule has 2 aliphatic heterocycles. The van der Waals surface area contributed by atoms with E-state index >= 15 is 0 Å². The molecule has 3 rings (SSSR count). The van der Waals surface area contributed by atoms with Crippen molar-refractivity contribution in [3.8, 4) is 11.5 Å². The molecule has 2 aliphatic rings. The van der Waals surface area contributed by atoms with Crippen LogP contribution in [-0.2, 0) is 9.59 Å². The van der Waals surface area contributed by atoms with Gasteiger partial charge in [0.05, 0.1) is 0 Å². The fourth-order valence-corrected chi connectivity index (χ4v) is 3.10. The van der Waals surface area contributed by atoms with Crippen molar-refractivity contribution in [3.63, 3.8) is 0 Å². The van der Waals surface area contributed by atoms with Crippen molar-refractivity contribution in [1.82, 2.24) is 4.90 Å². The van der Waals surface area contributed by atoms with E-state index in [1.807, 2.05) is 13.8 Å². The van der Waals surface area contributed by atoms with Gasteiger partial charge < -0.3 is 19.7 Å². The molecule has 22 heavy (non-hydrogen) atoms. The molecule has 1 aromatic carbocycles. The normalized spacial score (nSPS) is 23.3. The van der Waals surface area contributed by atoms with Crippen LogP contribution in [0, 0.1) is 0 Å². The predicted molar refractivity (Wildman–Crippen MR) is 80.8 cm³/mol. The second-order valence-electron chi connectivity index (χ2n) is 5.86. The lowest BCUT2D eigenvalue weighted by Gasteiger charge is -2.38. The van der Waals surface area contributed by atoms with E-state index < -0.39 is 11.8 Å². The van der Waals surface area contributed by atoms with Crippen LogP contribution >= 0.6 is 0 Å². The predicted octanol–water partition coefficient (Wildman–Crippen LogP) is 2.14. The Bertz CT molecular complexity index is 592. The van der Waals surface area contributed by atoms with Crippen molar-refractivity contribution >= 4 is 17.5 Å². The van der Waals surface area contributed by atoms with Gasteiger partial charge in [-0.15, -0.1) is 0 Å². The Kier molecular flexibility index (Phi) is 3.92. The minimum absolute atomic E-state index is 0.0961. The van der Waals surface area contributed by atoms with Crippen LogP contribution in [0.5, 0.6) is 11.5 Å². The Hall–Kier alpha value is -2.24. The van der Waals surface area contributed by atoms with Gasteiger partial charge >= 0.3 is 11.8 Å². The third-order valence-electron chi connectivity index (χ3n) is 4.25. The highest BCUT2D eigenvalue weighted by molar-refractivity contribution is 6.39. The average Bonchev–Trinajstić information content (AvgIpc) is 2.94. The SMILES string of the molecule is CC1CCCC(C)N1C(=O)C(=O)Nc1ccc2c(c1)OCO2. The van der Waals surface area contributed by atoms with Crippen LogP contribution in [0.25, 0.3) is 0 Å². The molecule has 118 valence electrons. The third kappa shape index (κ3) is 2.73. The van der Waals surface area contributed by atoms with Crippen LogP contribution in [0.2, 0.25) is 0 Å². The standard InChI is InChI=1S/C16H20N2O4/c1-10-4-3-5-11(2)18(10)16(20)15(19)17-12-6-7-13-14(8-12)22-9-21-13/h6-8,10-11H,3-5,9H2,1-2H3,(H,17,19). The summed E-state index contributed by atoms with van der Waals surface area (Å²) in [5.74, 6) is 0.129. The van der Waals surface area contributed by atoms with Gasteiger partial charge in [-0.1, -0.05) is 0 Å². The Morgan fingerprint density at radius 3 is 2.55 bits per heavy atom. The van der Waals surface area contributed by atoms with Crippen molar-refractivity contribution in [2.45, 2.75) is 45.2 Å². The first-order valence-electron chi connectivity index (χ1n) is 7.59. The van der Waals surface area contributed by atoms with Gasteiger partial charge in [0.1, 0.15) is 0 Å². The Morgan fingerprint density at radius 2 is 1.82 bits per heavy atom. The Labute approximate surface area is 129 Å². The number of carbonyl (C=O) groups is 2. The monoisotopic (exact) mass is 304 g/mol. The number of nitrogens with one attached hydrogen (secondary N) is 1. The molecule has 0 bridgehead atoms. The molecule has 2 amide bonds. The maximum absolute atomic E-state index is 12.4. The second-order valence-corrected chi connectivity index (χ2v) is 5.86. The fraction of sp³-hybridized carbons (Fsp3) is 0.500. The van der Waals surface area contributed by atoms with E-state index in [1.165, 1.54) is 0 Å². The zero-order chi connectivity index (χ0) is 15.7. The Morgan fingerprint density at radius 1 is 1.14 bits per heavy atom. The zero-order valence-electron chi connectivity index (χ0n) is 12.8. The average molecular weight is 304 g/mol. The first-order valence-corrected chi connectivity index (χ1v) is 7.59. The van der Waals surface area contributed by atoms with E-state index in [-0.39, 0.29) is 18.9 Å². The molecule has 2 unspecified atom stereocenters. The van der Waals surface area contributed by atoms with Gasteiger partial charge in [0.25, 0.3) is 0 Å². The smallest absolute Gasteiger partial charge is 0.313 e. The first-order chi connectivity index (χ1) is 10.6. The fourth-order valence-electron chi connectivity index (χ4n) is 3.10. The van der Waals surface area contributed by atoms with Crippen LogP contribution < -0.4 is 14.8 Å². The molecule has 2 atom stereocenters. The van der Waals surface area contributed by atoms with E-state index in [0.717, 1.165) is 19.3 Å². The van der Waals surface area contributed by atoms with Crippen molar-refractivity contribution in [3.05, 3.63) is 18.2 Å². The molecule has 0 aliphatic carbocycles. The lowest BCUT2D eigenvalue weighted by Crippen LogP contribution is -2.51. The molecule has 1 saturated heterocycles. The number of anilines is 1. The summed E-state index contributed by atoms with van der Waals surface area (Å²) in [4.78, 5) is 26.3. The van der Waals surface area contributed by atoms with Crippen LogP contribution in [0.1, 0.15) is 33.1 Å². The molecule has 1 aromatic rings. The van der Waals surface area contributed by atoms with Crippen LogP contribution in [-0.4, -0.2) is 35.6 Å². The summed E-state index contributed by atoms with van der Waals surface area (Å²) in [7, 11) is 0. The molecule has 6 nitrogen and oxygen atoms in total. The number of amides is 2. The minimum Gasteiger partial charge on any atom is -0.454 e. The minimum atomic E-state index is -0.612. The van der Waals surface area contributed by atoms with Gasteiger partial charge in [0.2, 0.25) is 6.79 Å². The summed E-state index contributed by atoms with van der Waals surface area (Å²) in [6.07, 6.45) is 2.97. The zero-order valence-corrected chi connectivity index (χ0v) is 12.8. The van der Waals surface area contributed by atoms with Crippen molar-refractivity contribution in [1.29, 1.82) is 0 Å². The number of fused-ring (bicyclic) bond motifs is 1. The van der Waals surface area contributed by atoms with E-state index in [9.17, 15) is 9.59 Å². The largest absolute Gasteiger partial charge is 0.454 e. The molecule has 6 heteroatoms. The molecule has 1 fully saturated rings. The lowest BCUT2D eigenvalue weighted by atomic mass is 9.97. The molecule has 0 spiro atoms.